The molecule has 2 rings (SSSR count). The smallest absolute Gasteiger partial charge is 0.248 e. The van der Waals surface area contributed by atoms with Gasteiger partial charge in [0.15, 0.2) is 0 Å². The molecule has 3 N–H and O–H groups in total. The van der Waals surface area contributed by atoms with Crippen molar-refractivity contribution in [1.29, 1.82) is 0 Å². The third-order valence-electron chi connectivity index (χ3n) is 3.49. The van der Waals surface area contributed by atoms with E-state index in [4.69, 9.17) is 5.73 Å². The number of hydrogen-bond acceptors (Lipinski definition) is 3. The standard InChI is InChI=1S/C13H17F2N3O/c1-8-6-11(17-7-10(8)16)18-12(19)9-2-4-13(14,15)5-3-9/h6-7,9H,2-5,16H2,1H3,(H,17,18,19). The molecule has 1 fully saturated rings. The first kappa shape index (κ1) is 13.7. The molecular weight excluding hydrogens is 252 g/mol. The van der Waals surface area contributed by atoms with Gasteiger partial charge < -0.3 is 11.1 Å². The summed E-state index contributed by atoms with van der Waals surface area (Å²) in [4.78, 5) is 15.9. The van der Waals surface area contributed by atoms with Crippen molar-refractivity contribution in [3.05, 3.63) is 17.8 Å². The molecule has 1 aliphatic carbocycles. The van der Waals surface area contributed by atoms with Crippen molar-refractivity contribution in [3.63, 3.8) is 0 Å². The third-order valence-corrected chi connectivity index (χ3v) is 3.49. The Kier molecular flexibility index (Phi) is 3.68. The van der Waals surface area contributed by atoms with Crippen molar-refractivity contribution in [2.75, 3.05) is 11.1 Å². The molecule has 0 spiro atoms. The molecule has 0 radical (unpaired) electrons. The highest BCUT2D eigenvalue weighted by Crippen LogP contribution is 2.36. The van der Waals surface area contributed by atoms with E-state index in [2.05, 4.69) is 10.3 Å². The summed E-state index contributed by atoms with van der Waals surface area (Å²) in [7, 11) is 0. The molecule has 1 aromatic heterocycles. The Morgan fingerprint density at radius 3 is 2.68 bits per heavy atom. The molecule has 0 aliphatic heterocycles. The lowest BCUT2D eigenvalue weighted by molar-refractivity contribution is -0.124. The Balaban J connectivity index is 1.96. The van der Waals surface area contributed by atoms with E-state index in [1.165, 1.54) is 6.20 Å². The molecule has 104 valence electrons. The Morgan fingerprint density at radius 1 is 1.47 bits per heavy atom. The largest absolute Gasteiger partial charge is 0.397 e. The van der Waals surface area contributed by atoms with Crippen LogP contribution in [0.2, 0.25) is 0 Å². The maximum Gasteiger partial charge on any atom is 0.248 e. The number of nitrogens with two attached hydrogens (primary N) is 1. The molecular formula is C13H17F2N3O. The van der Waals surface area contributed by atoms with Crippen LogP contribution in [0.25, 0.3) is 0 Å². The maximum absolute atomic E-state index is 13.0. The van der Waals surface area contributed by atoms with Crippen LogP contribution in [0, 0.1) is 12.8 Å². The van der Waals surface area contributed by atoms with Crippen LogP contribution in [0.4, 0.5) is 20.3 Å². The second kappa shape index (κ2) is 5.11. The van der Waals surface area contributed by atoms with E-state index in [-0.39, 0.29) is 37.5 Å². The Bertz CT molecular complexity index is 481. The fourth-order valence-corrected chi connectivity index (χ4v) is 2.17. The summed E-state index contributed by atoms with van der Waals surface area (Å²) in [5.74, 6) is -2.81. The van der Waals surface area contributed by atoms with Crippen molar-refractivity contribution in [1.82, 2.24) is 4.98 Å². The van der Waals surface area contributed by atoms with Gasteiger partial charge in [0.25, 0.3) is 0 Å². The van der Waals surface area contributed by atoms with Gasteiger partial charge in [-0.2, -0.15) is 0 Å². The van der Waals surface area contributed by atoms with Crippen molar-refractivity contribution in [3.8, 4) is 0 Å². The number of nitrogens with one attached hydrogen (secondary N) is 1. The number of pyridine rings is 1. The van der Waals surface area contributed by atoms with Crippen LogP contribution in [-0.2, 0) is 4.79 Å². The number of aromatic nitrogens is 1. The molecule has 6 heteroatoms. The lowest BCUT2D eigenvalue weighted by atomic mass is 9.86. The number of hydrogen-bond donors (Lipinski definition) is 2. The number of halogens is 2. The molecule has 0 saturated heterocycles. The highest BCUT2D eigenvalue weighted by molar-refractivity contribution is 5.91. The highest BCUT2D eigenvalue weighted by atomic mass is 19.3. The summed E-state index contributed by atoms with van der Waals surface area (Å²) in [6, 6.07) is 1.67. The maximum atomic E-state index is 13.0. The number of alkyl halides is 2. The first-order valence-corrected chi connectivity index (χ1v) is 6.28. The lowest BCUT2D eigenvalue weighted by Gasteiger charge is -2.27. The van der Waals surface area contributed by atoms with E-state index in [0.717, 1.165) is 5.56 Å². The topological polar surface area (TPSA) is 68.0 Å². The molecule has 0 atom stereocenters. The van der Waals surface area contributed by atoms with E-state index in [1.807, 2.05) is 6.92 Å². The Hall–Kier alpha value is -1.72. The van der Waals surface area contributed by atoms with Crippen LogP contribution >= 0.6 is 0 Å². The predicted molar refractivity (Wildman–Crippen MR) is 68.9 cm³/mol. The molecule has 19 heavy (non-hydrogen) atoms. The molecule has 1 heterocycles. The average Bonchev–Trinajstić information content (AvgIpc) is 2.33. The van der Waals surface area contributed by atoms with Gasteiger partial charge in [0, 0.05) is 18.8 Å². The number of anilines is 2. The van der Waals surface area contributed by atoms with Gasteiger partial charge in [-0.1, -0.05) is 0 Å². The minimum absolute atomic E-state index is 0.215. The van der Waals surface area contributed by atoms with Gasteiger partial charge in [-0.3, -0.25) is 4.79 Å². The van der Waals surface area contributed by atoms with Crippen LogP contribution in [0.5, 0.6) is 0 Å². The average molecular weight is 269 g/mol. The normalized spacial score (nSPS) is 19.1. The summed E-state index contributed by atoms with van der Waals surface area (Å²) >= 11 is 0. The molecule has 4 nitrogen and oxygen atoms in total. The number of carbonyl (C=O) groups excluding carboxylic acids is 1. The number of aryl methyl sites for hydroxylation is 1. The van der Waals surface area contributed by atoms with E-state index in [9.17, 15) is 13.6 Å². The fourth-order valence-electron chi connectivity index (χ4n) is 2.17. The van der Waals surface area contributed by atoms with Crippen LogP contribution in [0.1, 0.15) is 31.2 Å². The summed E-state index contributed by atoms with van der Waals surface area (Å²) < 4.78 is 26.0. The van der Waals surface area contributed by atoms with Gasteiger partial charge in [-0.25, -0.2) is 13.8 Å². The van der Waals surface area contributed by atoms with Crippen molar-refractivity contribution < 1.29 is 13.6 Å². The Labute approximate surface area is 110 Å². The lowest BCUT2D eigenvalue weighted by Crippen LogP contribution is -2.32. The van der Waals surface area contributed by atoms with Gasteiger partial charge in [0.1, 0.15) is 5.82 Å². The highest BCUT2D eigenvalue weighted by Gasteiger charge is 2.37. The van der Waals surface area contributed by atoms with Gasteiger partial charge >= 0.3 is 0 Å². The number of carbonyl (C=O) groups is 1. The predicted octanol–water partition coefficient (Wildman–Crippen LogP) is 2.74. The van der Waals surface area contributed by atoms with E-state index < -0.39 is 5.92 Å². The second-order valence-electron chi connectivity index (χ2n) is 5.05. The summed E-state index contributed by atoms with van der Waals surface area (Å²) in [6.45, 7) is 1.81. The van der Waals surface area contributed by atoms with Gasteiger partial charge in [0.2, 0.25) is 11.8 Å². The molecule has 1 aliphatic rings. The van der Waals surface area contributed by atoms with Crippen LogP contribution in [-0.4, -0.2) is 16.8 Å². The molecule has 0 bridgehead atoms. The SMILES string of the molecule is Cc1cc(NC(=O)C2CCC(F)(F)CC2)ncc1N. The van der Waals surface area contributed by atoms with Crippen LogP contribution < -0.4 is 11.1 Å². The monoisotopic (exact) mass is 269 g/mol. The van der Waals surface area contributed by atoms with Gasteiger partial charge in [-0.15, -0.1) is 0 Å². The summed E-state index contributed by atoms with van der Waals surface area (Å²) in [5.41, 5.74) is 7.00. The quantitative estimate of drug-likeness (QED) is 0.867. The zero-order valence-corrected chi connectivity index (χ0v) is 10.7. The molecule has 1 aromatic rings. The third kappa shape index (κ3) is 3.39. The van der Waals surface area contributed by atoms with Gasteiger partial charge in [-0.05, 0) is 31.4 Å². The second-order valence-corrected chi connectivity index (χ2v) is 5.05. The molecule has 1 saturated carbocycles. The minimum atomic E-state index is -2.62. The zero-order chi connectivity index (χ0) is 14.0. The number of nitrogen functional groups attached to an aromatic ring is 1. The first-order chi connectivity index (χ1) is 8.87. The van der Waals surface area contributed by atoms with Crippen molar-refractivity contribution >= 4 is 17.4 Å². The van der Waals surface area contributed by atoms with Gasteiger partial charge in [0.05, 0.1) is 11.9 Å². The van der Waals surface area contributed by atoms with Crippen molar-refractivity contribution in [2.24, 2.45) is 5.92 Å². The van der Waals surface area contributed by atoms with Crippen LogP contribution in [0.3, 0.4) is 0 Å². The molecule has 0 unspecified atom stereocenters. The minimum Gasteiger partial charge on any atom is -0.397 e. The summed E-state index contributed by atoms with van der Waals surface area (Å²) in [5, 5.41) is 2.66. The summed E-state index contributed by atoms with van der Waals surface area (Å²) in [6.07, 6.45) is 1.46. The first-order valence-electron chi connectivity index (χ1n) is 6.28. The van der Waals surface area contributed by atoms with E-state index >= 15 is 0 Å². The number of nitrogens with zero attached hydrogens (tertiary/aromatic N) is 1. The van der Waals surface area contributed by atoms with Crippen molar-refractivity contribution in [2.45, 2.75) is 38.5 Å². The number of amides is 1. The zero-order valence-electron chi connectivity index (χ0n) is 10.7. The molecule has 0 aromatic carbocycles. The molecule has 1 amide bonds. The van der Waals surface area contributed by atoms with Crippen LogP contribution in [0.15, 0.2) is 12.3 Å². The van der Waals surface area contributed by atoms with E-state index in [1.54, 1.807) is 6.07 Å². The fraction of sp³-hybridized carbons (Fsp3) is 0.538. The Morgan fingerprint density at radius 2 is 2.11 bits per heavy atom. The van der Waals surface area contributed by atoms with E-state index in [0.29, 0.717) is 11.5 Å². The number of rotatable bonds is 2.